The zero-order chi connectivity index (χ0) is 20.3. The van der Waals surface area contributed by atoms with Crippen molar-refractivity contribution in [1.29, 1.82) is 0 Å². The molecule has 2 aliphatic rings. The number of hydrogen-bond donors (Lipinski definition) is 6. The number of ether oxygens (including phenoxy) is 1. The van der Waals surface area contributed by atoms with Crippen molar-refractivity contribution in [3.05, 3.63) is 0 Å². The van der Waals surface area contributed by atoms with Crippen molar-refractivity contribution in [2.45, 2.75) is 81.1 Å². The standard InChI is InChI=1S/C18H34N2O6S/c1-5-6-10-7-11(20(3)8-10)17(25)19-12(9(2)21)16-14(23)13(22)15(24)18(26-16)27-4/h9-16,18,21-24H,5-8H2,1-4H3,(H,19,25)/p+1/t9-,10+,11-,12-,13+,14-,15+,16-,18+/m1/s1. The predicted molar refractivity (Wildman–Crippen MR) is 102 cm³/mol. The van der Waals surface area contributed by atoms with Gasteiger partial charge in [-0.05, 0) is 19.6 Å². The van der Waals surface area contributed by atoms with Crippen molar-refractivity contribution in [2.24, 2.45) is 5.92 Å². The van der Waals surface area contributed by atoms with Gasteiger partial charge in [0.1, 0.15) is 29.9 Å². The van der Waals surface area contributed by atoms with Crippen LogP contribution < -0.4 is 10.2 Å². The molecule has 0 aliphatic carbocycles. The summed E-state index contributed by atoms with van der Waals surface area (Å²) in [5.74, 6) is 0.319. The SMILES string of the molecule is CCC[C@H]1C[C@H](C(=O)N[C@@H]([C@H]2O[C@@H](SC)[C@@H](O)[C@@H](O)[C@H]2O)[C@@H](C)O)[NH+](C)C1. The zero-order valence-corrected chi connectivity index (χ0v) is 17.4. The molecule has 0 bridgehead atoms. The van der Waals surface area contributed by atoms with Gasteiger partial charge < -0.3 is 35.4 Å². The normalized spacial score (nSPS) is 41.9. The number of quaternary nitrogens is 1. The summed E-state index contributed by atoms with van der Waals surface area (Å²) in [7, 11) is 1.99. The van der Waals surface area contributed by atoms with Crippen LogP contribution >= 0.6 is 11.8 Å². The van der Waals surface area contributed by atoms with Crippen LogP contribution in [0.15, 0.2) is 0 Å². The van der Waals surface area contributed by atoms with Crippen LogP contribution in [0.1, 0.15) is 33.1 Å². The first-order valence-electron chi connectivity index (χ1n) is 9.74. The second-order valence-corrected chi connectivity index (χ2v) is 8.88. The number of aliphatic hydroxyl groups is 4. The van der Waals surface area contributed by atoms with Crippen molar-refractivity contribution >= 4 is 17.7 Å². The molecule has 0 aromatic carbocycles. The van der Waals surface area contributed by atoms with Crippen LogP contribution in [0.4, 0.5) is 0 Å². The number of hydrogen-bond acceptors (Lipinski definition) is 7. The molecule has 2 fully saturated rings. The maximum Gasteiger partial charge on any atom is 0.278 e. The molecular formula is C18H35N2O6S+. The summed E-state index contributed by atoms with van der Waals surface area (Å²) >= 11 is 1.20. The smallest absolute Gasteiger partial charge is 0.278 e. The Morgan fingerprint density at radius 2 is 1.96 bits per heavy atom. The average molecular weight is 408 g/mol. The number of nitrogens with one attached hydrogen (secondary N) is 2. The Morgan fingerprint density at radius 1 is 1.30 bits per heavy atom. The highest BCUT2D eigenvalue weighted by Gasteiger charge is 2.49. The molecule has 8 nitrogen and oxygen atoms in total. The zero-order valence-electron chi connectivity index (χ0n) is 16.5. The fourth-order valence-corrected chi connectivity index (χ4v) is 4.96. The molecule has 2 saturated heterocycles. The van der Waals surface area contributed by atoms with E-state index >= 15 is 0 Å². The van der Waals surface area contributed by atoms with Crippen LogP contribution in [0.2, 0.25) is 0 Å². The number of thioether (sulfide) groups is 1. The van der Waals surface area contributed by atoms with Gasteiger partial charge in [0.25, 0.3) is 5.91 Å². The van der Waals surface area contributed by atoms with Crippen molar-refractivity contribution in [1.82, 2.24) is 5.32 Å². The van der Waals surface area contributed by atoms with Gasteiger partial charge in [-0.15, -0.1) is 11.8 Å². The van der Waals surface area contributed by atoms with Gasteiger partial charge in [-0.25, -0.2) is 0 Å². The Balaban J connectivity index is 2.09. The van der Waals surface area contributed by atoms with Gasteiger partial charge in [-0.3, -0.25) is 4.79 Å². The highest BCUT2D eigenvalue weighted by Crippen LogP contribution is 2.29. The van der Waals surface area contributed by atoms with Crippen LogP contribution in [-0.4, -0.2) is 94.2 Å². The third kappa shape index (κ3) is 5.14. The van der Waals surface area contributed by atoms with E-state index in [1.807, 2.05) is 7.05 Å². The highest BCUT2D eigenvalue weighted by molar-refractivity contribution is 7.99. The maximum atomic E-state index is 12.9. The summed E-state index contributed by atoms with van der Waals surface area (Å²) in [6.45, 7) is 4.58. The molecule has 0 aromatic heterocycles. The molecule has 2 heterocycles. The Morgan fingerprint density at radius 3 is 2.52 bits per heavy atom. The maximum absolute atomic E-state index is 12.9. The van der Waals surface area contributed by atoms with E-state index in [1.165, 1.54) is 18.7 Å². The Labute approximate surface area is 165 Å². The molecule has 0 saturated carbocycles. The van der Waals surface area contributed by atoms with E-state index in [0.29, 0.717) is 5.92 Å². The summed E-state index contributed by atoms with van der Waals surface area (Å²) in [6, 6.07) is -1.10. The van der Waals surface area contributed by atoms with Crippen molar-refractivity contribution in [3.8, 4) is 0 Å². The average Bonchev–Trinajstić information content (AvgIpc) is 2.99. The topological polar surface area (TPSA) is 124 Å². The second-order valence-electron chi connectivity index (χ2n) is 7.95. The van der Waals surface area contributed by atoms with Crippen molar-refractivity contribution < 1.29 is 34.9 Å². The van der Waals surface area contributed by atoms with E-state index < -0.39 is 42.0 Å². The summed E-state index contributed by atoms with van der Waals surface area (Å²) < 4.78 is 5.73. The van der Waals surface area contributed by atoms with E-state index in [1.54, 1.807) is 6.26 Å². The molecule has 0 aromatic rings. The van der Waals surface area contributed by atoms with E-state index in [2.05, 4.69) is 12.2 Å². The lowest BCUT2D eigenvalue weighted by atomic mass is 9.92. The van der Waals surface area contributed by atoms with Gasteiger partial charge in [0.15, 0.2) is 6.04 Å². The van der Waals surface area contributed by atoms with Gasteiger partial charge in [-0.2, -0.15) is 0 Å². The molecule has 2 aliphatic heterocycles. The summed E-state index contributed by atoms with van der Waals surface area (Å²) in [4.78, 5) is 14.0. The lowest BCUT2D eigenvalue weighted by Crippen LogP contribution is -3.12. The molecule has 0 spiro atoms. The van der Waals surface area contributed by atoms with Crippen molar-refractivity contribution in [2.75, 3.05) is 19.8 Å². The van der Waals surface area contributed by atoms with E-state index in [0.717, 1.165) is 30.7 Å². The minimum Gasteiger partial charge on any atom is -0.391 e. The fraction of sp³-hybridized carbons (Fsp3) is 0.944. The first-order chi connectivity index (χ1) is 12.7. The lowest BCUT2D eigenvalue weighted by Gasteiger charge is -2.44. The third-order valence-electron chi connectivity index (χ3n) is 5.81. The molecule has 0 radical (unpaired) electrons. The Kier molecular flexibility index (Phi) is 8.35. The molecule has 1 amide bonds. The second kappa shape index (κ2) is 9.87. The highest BCUT2D eigenvalue weighted by atomic mass is 32.2. The van der Waals surface area contributed by atoms with Gasteiger partial charge in [0.05, 0.1) is 25.7 Å². The summed E-state index contributed by atoms with van der Waals surface area (Å²) in [6.07, 6.45) is -1.39. The van der Waals surface area contributed by atoms with Crippen LogP contribution in [0.25, 0.3) is 0 Å². The van der Waals surface area contributed by atoms with Crippen LogP contribution in [0.5, 0.6) is 0 Å². The largest absolute Gasteiger partial charge is 0.391 e. The third-order valence-corrected chi connectivity index (χ3v) is 6.66. The number of likely N-dealkylation sites (N-methyl/N-ethyl adjacent to an activating group) is 1. The predicted octanol–water partition coefficient (Wildman–Crippen LogP) is -2.27. The van der Waals surface area contributed by atoms with E-state index in [4.69, 9.17) is 4.74 Å². The molecule has 6 N–H and O–H groups in total. The number of aliphatic hydroxyl groups excluding tert-OH is 4. The number of likely N-dealkylation sites (tertiary alicyclic amines) is 1. The molecule has 9 heteroatoms. The van der Waals surface area contributed by atoms with Crippen molar-refractivity contribution in [3.63, 3.8) is 0 Å². The van der Waals surface area contributed by atoms with Crippen LogP contribution in [-0.2, 0) is 9.53 Å². The number of carbonyl (C=O) groups excluding carboxylic acids is 1. The van der Waals surface area contributed by atoms with Gasteiger partial charge in [0, 0.05) is 12.3 Å². The molecule has 2 rings (SSSR count). The number of carbonyl (C=O) groups is 1. The molecule has 158 valence electrons. The number of rotatable bonds is 7. The Hall–Kier alpha value is -0.420. The number of amides is 1. The monoisotopic (exact) mass is 407 g/mol. The van der Waals surface area contributed by atoms with E-state index in [9.17, 15) is 25.2 Å². The fourth-order valence-electron chi connectivity index (χ4n) is 4.28. The molecule has 1 unspecified atom stereocenters. The first-order valence-corrected chi connectivity index (χ1v) is 11.0. The Bertz CT molecular complexity index is 494. The van der Waals surface area contributed by atoms with E-state index in [-0.39, 0.29) is 11.9 Å². The minimum absolute atomic E-state index is 0.186. The van der Waals surface area contributed by atoms with Gasteiger partial charge in [0.2, 0.25) is 0 Å². The van der Waals surface area contributed by atoms with Gasteiger partial charge >= 0.3 is 0 Å². The van der Waals surface area contributed by atoms with Gasteiger partial charge in [-0.1, -0.05) is 13.3 Å². The molecular weight excluding hydrogens is 372 g/mol. The molecule has 27 heavy (non-hydrogen) atoms. The summed E-state index contributed by atoms with van der Waals surface area (Å²) in [5, 5.41) is 43.6. The lowest BCUT2D eigenvalue weighted by molar-refractivity contribution is -0.884. The first kappa shape index (κ1) is 22.9. The molecule has 10 atom stereocenters. The quantitative estimate of drug-likeness (QED) is 0.281. The minimum atomic E-state index is -1.41. The van der Waals surface area contributed by atoms with Crippen LogP contribution in [0, 0.1) is 5.92 Å². The summed E-state index contributed by atoms with van der Waals surface area (Å²) in [5.41, 5.74) is -0.750. The van der Waals surface area contributed by atoms with Crippen LogP contribution in [0.3, 0.4) is 0 Å².